The van der Waals surface area contributed by atoms with Crippen molar-refractivity contribution in [1.82, 2.24) is 14.5 Å². The van der Waals surface area contributed by atoms with Crippen molar-refractivity contribution in [3.05, 3.63) is 30.3 Å². The molecule has 1 heterocycles. The van der Waals surface area contributed by atoms with Crippen LogP contribution in [0, 0.1) is 0 Å². The van der Waals surface area contributed by atoms with Crippen LogP contribution in [0.5, 0.6) is 0 Å². The smallest absolute Gasteiger partial charge is 0.243 e. The Morgan fingerprint density at radius 2 is 1.69 bits per heavy atom. The summed E-state index contributed by atoms with van der Waals surface area (Å²) in [6.45, 7) is 2.20. The molecule has 0 bridgehead atoms. The van der Waals surface area contributed by atoms with Crippen LogP contribution < -0.4 is 11.1 Å². The van der Waals surface area contributed by atoms with Crippen LogP contribution in [-0.2, 0) is 19.6 Å². The number of amides is 2. The summed E-state index contributed by atoms with van der Waals surface area (Å²) in [7, 11) is -3.53. The van der Waals surface area contributed by atoms with Crippen molar-refractivity contribution in [2.45, 2.75) is 24.2 Å². The van der Waals surface area contributed by atoms with E-state index in [1.54, 1.807) is 35.2 Å². The highest BCUT2D eigenvalue weighted by Gasteiger charge is 2.29. The minimum atomic E-state index is -3.53. The van der Waals surface area contributed by atoms with Gasteiger partial charge >= 0.3 is 0 Å². The van der Waals surface area contributed by atoms with Gasteiger partial charge < -0.3 is 16.0 Å². The maximum Gasteiger partial charge on any atom is 0.243 e. The first-order valence-electron chi connectivity index (χ1n) is 8.75. The Labute approximate surface area is 154 Å². The molecule has 0 aliphatic carbocycles. The molecule has 2 rings (SSSR count). The molecule has 0 saturated carbocycles. The molecule has 0 aromatic heterocycles. The fraction of sp³-hybridized carbons (Fsp3) is 0.529. The highest BCUT2D eigenvalue weighted by atomic mass is 32.2. The Morgan fingerprint density at radius 1 is 1.04 bits per heavy atom. The molecular formula is C17H26N4O4S. The predicted octanol–water partition coefficient (Wildman–Crippen LogP) is -0.235. The standard InChI is InChI=1S/C17H26N4O4S/c18-9-4-10-19-16(22)7-8-17(23)20-11-13-21(14-12-20)26(24,25)15-5-2-1-3-6-15/h1-3,5-6H,4,7-14,18H2,(H,19,22). The zero-order chi connectivity index (χ0) is 19.0. The van der Waals surface area contributed by atoms with Crippen molar-refractivity contribution >= 4 is 21.8 Å². The lowest BCUT2D eigenvalue weighted by molar-refractivity contribution is -0.134. The summed E-state index contributed by atoms with van der Waals surface area (Å²) in [5.41, 5.74) is 5.35. The number of nitrogens with one attached hydrogen (secondary N) is 1. The molecule has 2 amide bonds. The molecule has 1 aromatic carbocycles. The van der Waals surface area contributed by atoms with Crippen molar-refractivity contribution in [3.63, 3.8) is 0 Å². The maximum atomic E-state index is 12.6. The van der Waals surface area contributed by atoms with Gasteiger partial charge in [0.05, 0.1) is 4.90 Å². The maximum absolute atomic E-state index is 12.6. The fourth-order valence-electron chi connectivity index (χ4n) is 2.72. The van der Waals surface area contributed by atoms with E-state index in [1.165, 1.54) is 4.31 Å². The first kappa shape index (κ1) is 20.3. The molecule has 0 spiro atoms. The number of carbonyl (C=O) groups is 2. The van der Waals surface area contributed by atoms with Gasteiger partial charge in [-0.25, -0.2) is 8.42 Å². The van der Waals surface area contributed by atoms with Gasteiger partial charge in [0.2, 0.25) is 21.8 Å². The van der Waals surface area contributed by atoms with E-state index in [2.05, 4.69) is 5.32 Å². The van der Waals surface area contributed by atoms with Crippen LogP contribution in [0.4, 0.5) is 0 Å². The third-order valence-electron chi connectivity index (χ3n) is 4.24. The number of nitrogens with two attached hydrogens (primary N) is 1. The van der Waals surface area contributed by atoms with E-state index in [9.17, 15) is 18.0 Å². The first-order chi connectivity index (χ1) is 12.4. The summed E-state index contributed by atoms with van der Waals surface area (Å²) in [6, 6.07) is 8.27. The van der Waals surface area contributed by atoms with E-state index in [1.807, 2.05) is 0 Å². The molecular weight excluding hydrogens is 356 g/mol. The largest absolute Gasteiger partial charge is 0.356 e. The van der Waals surface area contributed by atoms with Gasteiger partial charge in [0.1, 0.15) is 0 Å². The van der Waals surface area contributed by atoms with Gasteiger partial charge in [-0.2, -0.15) is 4.31 Å². The number of carbonyl (C=O) groups excluding carboxylic acids is 2. The molecule has 9 heteroatoms. The van der Waals surface area contributed by atoms with Gasteiger partial charge in [0, 0.05) is 45.6 Å². The summed E-state index contributed by atoms with van der Waals surface area (Å²) in [4.78, 5) is 25.7. The van der Waals surface area contributed by atoms with Crippen LogP contribution in [0.15, 0.2) is 35.2 Å². The van der Waals surface area contributed by atoms with Crippen molar-refractivity contribution in [3.8, 4) is 0 Å². The Balaban J connectivity index is 1.79. The summed E-state index contributed by atoms with van der Waals surface area (Å²) in [6.07, 6.45) is 0.962. The van der Waals surface area contributed by atoms with Gasteiger partial charge in [-0.3, -0.25) is 9.59 Å². The molecule has 0 unspecified atom stereocenters. The second-order valence-corrected chi connectivity index (χ2v) is 8.03. The Morgan fingerprint density at radius 3 is 2.31 bits per heavy atom. The van der Waals surface area contributed by atoms with Gasteiger partial charge in [-0.1, -0.05) is 18.2 Å². The number of hydrogen-bond acceptors (Lipinski definition) is 5. The molecule has 1 fully saturated rings. The normalized spacial score (nSPS) is 15.7. The van der Waals surface area contributed by atoms with Crippen LogP contribution in [0.2, 0.25) is 0 Å². The Hall–Kier alpha value is -1.97. The monoisotopic (exact) mass is 382 g/mol. The van der Waals surface area contributed by atoms with Crippen molar-refractivity contribution in [1.29, 1.82) is 0 Å². The number of rotatable bonds is 8. The zero-order valence-electron chi connectivity index (χ0n) is 14.8. The Bertz CT molecular complexity index is 701. The average molecular weight is 382 g/mol. The van der Waals surface area contributed by atoms with E-state index >= 15 is 0 Å². The van der Waals surface area contributed by atoms with Crippen LogP contribution in [0.25, 0.3) is 0 Å². The second-order valence-electron chi connectivity index (χ2n) is 6.09. The quantitative estimate of drug-likeness (QED) is 0.603. The minimum absolute atomic E-state index is 0.125. The summed E-state index contributed by atoms with van der Waals surface area (Å²) >= 11 is 0. The first-order valence-corrected chi connectivity index (χ1v) is 10.2. The van der Waals surface area contributed by atoms with E-state index in [0.29, 0.717) is 32.6 Å². The van der Waals surface area contributed by atoms with Gasteiger partial charge in [0.15, 0.2) is 0 Å². The van der Waals surface area contributed by atoms with E-state index < -0.39 is 10.0 Å². The van der Waals surface area contributed by atoms with Gasteiger partial charge in [-0.05, 0) is 25.1 Å². The highest BCUT2D eigenvalue weighted by molar-refractivity contribution is 7.89. The topological polar surface area (TPSA) is 113 Å². The van der Waals surface area contributed by atoms with Crippen LogP contribution in [0.3, 0.4) is 0 Å². The fourth-order valence-corrected chi connectivity index (χ4v) is 4.16. The molecule has 1 saturated heterocycles. The van der Waals surface area contributed by atoms with Crippen LogP contribution >= 0.6 is 0 Å². The van der Waals surface area contributed by atoms with E-state index in [-0.39, 0.29) is 42.6 Å². The Kier molecular flexibility index (Phi) is 7.55. The number of nitrogens with zero attached hydrogens (tertiary/aromatic N) is 2. The zero-order valence-corrected chi connectivity index (χ0v) is 15.6. The summed E-state index contributed by atoms with van der Waals surface area (Å²) < 4.78 is 26.5. The van der Waals surface area contributed by atoms with E-state index in [0.717, 1.165) is 0 Å². The van der Waals surface area contributed by atoms with E-state index in [4.69, 9.17) is 5.73 Å². The molecule has 0 radical (unpaired) electrons. The van der Waals surface area contributed by atoms with Crippen molar-refractivity contribution in [2.24, 2.45) is 5.73 Å². The third-order valence-corrected chi connectivity index (χ3v) is 6.15. The van der Waals surface area contributed by atoms with Crippen molar-refractivity contribution in [2.75, 3.05) is 39.3 Å². The molecule has 3 N–H and O–H groups in total. The van der Waals surface area contributed by atoms with Crippen LogP contribution in [-0.4, -0.2) is 68.7 Å². The lowest BCUT2D eigenvalue weighted by Crippen LogP contribution is -2.50. The van der Waals surface area contributed by atoms with Gasteiger partial charge in [0.25, 0.3) is 0 Å². The molecule has 26 heavy (non-hydrogen) atoms. The number of benzene rings is 1. The molecule has 1 aliphatic heterocycles. The molecule has 144 valence electrons. The minimum Gasteiger partial charge on any atom is -0.356 e. The summed E-state index contributed by atoms with van der Waals surface area (Å²) in [5, 5.41) is 2.71. The number of piperazine rings is 1. The predicted molar refractivity (Wildman–Crippen MR) is 97.7 cm³/mol. The van der Waals surface area contributed by atoms with Gasteiger partial charge in [-0.15, -0.1) is 0 Å². The molecule has 1 aromatic rings. The second kappa shape index (κ2) is 9.65. The third kappa shape index (κ3) is 5.52. The average Bonchev–Trinajstić information content (AvgIpc) is 2.67. The number of sulfonamides is 1. The highest BCUT2D eigenvalue weighted by Crippen LogP contribution is 2.17. The number of hydrogen-bond donors (Lipinski definition) is 2. The van der Waals surface area contributed by atoms with Crippen LogP contribution in [0.1, 0.15) is 19.3 Å². The van der Waals surface area contributed by atoms with Crippen molar-refractivity contribution < 1.29 is 18.0 Å². The lowest BCUT2D eigenvalue weighted by atomic mass is 10.2. The molecule has 1 aliphatic rings. The lowest BCUT2D eigenvalue weighted by Gasteiger charge is -2.34. The SMILES string of the molecule is NCCCNC(=O)CCC(=O)N1CCN(S(=O)(=O)c2ccccc2)CC1. The molecule has 8 nitrogen and oxygen atoms in total. The molecule has 0 atom stereocenters. The summed E-state index contributed by atoms with van der Waals surface area (Å²) in [5.74, 6) is -0.298.